The molecule has 0 aromatic carbocycles. The van der Waals surface area contributed by atoms with Gasteiger partial charge in [0, 0.05) is 25.3 Å². The van der Waals surface area contributed by atoms with Gasteiger partial charge in [0.25, 0.3) is 0 Å². The first-order chi connectivity index (χ1) is 7.81. The summed E-state index contributed by atoms with van der Waals surface area (Å²) in [7, 11) is 0. The van der Waals surface area contributed by atoms with Crippen LogP contribution in [0.25, 0.3) is 0 Å². The van der Waals surface area contributed by atoms with Gasteiger partial charge in [-0.1, -0.05) is 6.08 Å². The fourth-order valence-electron chi connectivity index (χ4n) is 2.01. The second kappa shape index (κ2) is 5.19. The quantitative estimate of drug-likeness (QED) is 0.757. The monoisotopic (exact) mass is 240 g/mol. The Bertz CT molecular complexity index is 288. The molecule has 1 amide bonds. The van der Waals surface area contributed by atoms with E-state index in [0.29, 0.717) is 32.6 Å². The van der Waals surface area contributed by atoms with Crippen molar-refractivity contribution in [2.24, 2.45) is 5.73 Å². The van der Waals surface area contributed by atoms with Crippen molar-refractivity contribution in [1.29, 1.82) is 0 Å². The van der Waals surface area contributed by atoms with Crippen molar-refractivity contribution < 1.29 is 9.53 Å². The van der Waals surface area contributed by atoms with Gasteiger partial charge in [0.05, 0.1) is 5.54 Å². The molecule has 4 heteroatoms. The summed E-state index contributed by atoms with van der Waals surface area (Å²) in [4.78, 5) is 14.4. The number of rotatable bonds is 3. The molecule has 0 atom stereocenters. The van der Waals surface area contributed by atoms with E-state index in [1.165, 1.54) is 0 Å². The normalized spacial score (nSPS) is 19.8. The van der Waals surface area contributed by atoms with E-state index in [9.17, 15) is 4.79 Å². The van der Waals surface area contributed by atoms with Crippen molar-refractivity contribution in [3.8, 4) is 0 Å². The summed E-state index contributed by atoms with van der Waals surface area (Å²) in [6.45, 7) is 11.4. The standard InChI is InChI=1S/C13H24N2O2/c1-5-8-15(12(2,3)4)11(16)13(14)6-9-17-10-7-13/h5H,1,6-10,14H2,2-4H3. The molecule has 1 aliphatic heterocycles. The van der Waals surface area contributed by atoms with Crippen LogP contribution in [0.3, 0.4) is 0 Å². The van der Waals surface area contributed by atoms with Crippen molar-refractivity contribution >= 4 is 5.91 Å². The van der Waals surface area contributed by atoms with Crippen LogP contribution in [0.4, 0.5) is 0 Å². The Balaban J connectivity index is 2.86. The maximum atomic E-state index is 12.6. The van der Waals surface area contributed by atoms with Gasteiger partial charge in [0.1, 0.15) is 0 Å². The van der Waals surface area contributed by atoms with Crippen LogP contribution in [0.15, 0.2) is 12.7 Å². The first kappa shape index (κ1) is 14.2. The predicted molar refractivity (Wildman–Crippen MR) is 68.6 cm³/mol. The summed E-state index contributed by atoms with van der Waals surface area (Å²) in [6.07, 6.45) is 2.93. The molecule has 0 aromatic heterocycles. The van der Waals surface area contributed by atoms with Gasteiger partial charge in [-0.2, -0.15) is 0 Å². The third-order valence-corrected chi connectivity index (χ3v) is 3.18. The Morgan fingerprint density at radius 1 is 1.47 bits per heavy atom. The topological polar surface area (TPSA) is 55.6 Å². The number of hydrogen-bond acceptors (Lipinski definition) is 3. The highest BCUT2D eigenvalue weighted by atomic mass is 16.5. The highest BCUT2D eigenvalue weighted by Gasteiger charge is 2.41. The number of nitrogens with two attached hydrogens (primary N) is 1. The first-order valence-corrected chi connectivity index (χ1v) is 6.11. The zero-order valence-electron chi connectivity index (χ0n) is 11.2. The van der Waals surface area contributed by atoms with Crippen LogP contribution in [-0.4, -0.2) is 41.6 Å². The highest BCUT2D eigenvalue weighted by Crippen LogP contribution is 2.24. The second-order valence-electron chi connectivity index (χ2n) is 5.64. The number of ether oxygens (including phenoxy) is 1. The van der Waals surface area contributed by atoms with Crippen LogP contribution in [0, 0.1) is 0 Å². The lowest BCUT2D eigenvalue weighted by molar-refractivity contribution is -0.144. The number of carbonyl (C=O) groups is 1. The lowest BCUT2D eigenvalue weighted by atomic mass is 9.88. The fraction of sp³-hybridized carbons (Fsp3) is 0.769. The van der Waals surface area contributed by atoms with Gasteiger partial charge in [0.2, 0.25) is 5.91 Å². The van der Waals surface area contributed by atoms with Gasteiger partial charge in [0.15, 0.2) is 0 Å². The zero-order valence-corrected chi connectivity index (χ0v) is 11.2. The third-order valence-electron chi connectivity index (χ3n) is 3.18. The number of hydrogen-bond donors (Lipinski definition) is 1. The van der Waals surface area contributed by atoms with Gasteiger partial charge < -0.3 is 15.4 Å². The average Bonchev–Trinajstić information content (AvgIpc) is 2.24. The Hall–Kier alpha value is -0.870. The van der Waals surface area contributed by atoms with E-state index in [-0.39, 0.29) is 11.4 Å². The number of nitrogens with zero attached hydrogens (tertiary/aromatic N) is 1. The lowest BCUT2D eigenvalue weighted by Gasteiger charge is -2.42. The van der Waals surface area contributed by atoms with Crippen LogP contribution in [-0.2, 0) is 9.53 Å². The second-order valence-corrected chi connectivity index (χ2v) is 5.64. The summed E-state index contributed by atoms with van der Waals surface area (Å²) in [6, 6.07) is 0. The molecular weight excluding hydrogens is 216 g/mol. The van der Waals surface area contributed by atoms with E-state index < -0.39 is 5.54 Å². The van der Waals surface area contributed by atoms with Crippen molar-refractivity contribution in [3.05, 3.63) is 12.7 Å². The Morgan fingerprint density at radius 2 is 2.00 bits per heavy atom. The van der Waals surface area contributed by atoms with Gasteiger partial charge in [-0.05, 0) is 33.6 Å². The van der Waals surface area contributed by atoms with E-state index in [0.717, 1.165) is 0 Å². The van der Waals surface area contributed by atoms with Gasteiger partial charge in [-0.3, -0.25) is 4.79 Å². The van der Waals surface area contributed by atoms with Crippen LogP contribution < -0.4 is 5.73 Å². The maximum Gasteiger partial charge on any atom is 0.243 e. The molecular formula is C13H24N2O2. The molecule has 1 rings (SSSR count). The number of amides is 1. The van der Waals surface area contributed by atoms with Crippen LogP contribution in [0.1, 0.15) is 33.6 Å². The Kier molecular flexibility index (Phi) is 4.33. The molecule has 1 fully saturated rings. The smallest absolute Gasteiger partial charge is 0.243 e. The van der Waals surface area contributed by atoms with E-state index in [2.05, 4.69) is 6.58 Å². The summed E-state index contributed by atoms with van der Waals surface area (Å²) < 4.78 is 5.27. The Morgan fingerprint density at radius 3 is 2.41 bits per heavy atom. The minimum absolute atomic E-state index is 0.00759. The van der Waals surface area contributed by atoms with E-state index in [4.69, 9.17) is 10.5 Å². The molecule has 2 N–H and O–H groups in total. The SMILES string of the molecule is C=CCN(C(=O)C1(N)CCOCC1)C(C)(C)C. The first-order valence-electron chi connectivity index (χ1n) is 6.11. The van der Waals surface area contributed by atoms with Crippen molar-refractivity contribution in [2.75, 3.05) is 19.8 Å². The summed E-state index contributed by atoms with van der Waals surface area (Å²) >= 11 is 0. The van der Waals surface area contributed by atoms with Crippen LogP contribution in [0.5, 0.6) is 0 Å². The molecule has 4 nitrogen and oxygen atoms in total. The average molecular weight is 240 g/mol. The maximum absolute atomic E-state index is 12.6. The lowest BCUT2D eigenvalue weighted by Crippen LogP contribution is -2.61. The van der Waals surface area contributed by atoms with E-state index in [1.807, 2.05) is 20.8 Å². The molecule has 1 saturated heterocycles. The third kappa shape index (κ3) is 3.30. The molecule has 0 spiro atoms. The van der Waals surface area contributed by atoms with Crippen molar-refractivity contribution in [1.82, 2.24) is 4.90 Å². The molecule has 0 radical (unpaired) electrons. The summed E-state index contributed by atoms with van der Waals surface area (Å²) in [5, 5.41) is 0. The van der Waals surface area contributed by atoms with E-state index >= 15 is 0 Å². The highest BCUT2D eigenvalue weighted by molar-refractivity contribution is 5.87. The minimum Gasteiger partial charge on any atom is -0.381 e. The van der Waals surface area contributed by atoms with Crippen LogP contribution >= 0.6 is 0 Å². The molecule has 0 unspecified atom stereocenters. The Labute approximate surface area is 104 Å². The molecule has 0 aliphatic carbocycles. The molecule has 0 saturated carbocycles. The van der Waals surface area contributed by atoms with Gasteiger partial charge in [-0.25, -0.2) is 0 Å². The summed E-state index contributed by atoms with van der Waals surface area (Å²) in [5.41, 5.74) is 5.22. The van der Waals surface area contributed by atoms with E-state index in [1.54, 1.807) is 11.0 Å². The minimum atomic E-state index is -0.769. The van der Waals surface area contributed by atoms with Crippen molar-refractivity contribution in [2.45, 2.75) is 44.7 Å². The molecule has 0 aromatic rings. The van der Waals surface area contributed by atoms with Crippen molar-refractivity contribution in [3.63, 3.8) is 0 Å². The molecule has 98 valence electrons. The zero-order chi connectivity index (χ0) is 13.1. The molecule has 1 heterocycles. The number of carbonyl (C=O) groups excluding carboxylic acids is 1. The molecule has 0 bridgehead atoms. The molecule has 1 aliphatic rings. The van der Waals surface area contributed by atoms with Gasteiger partial charge in [-0.15, -0.1) is 6.58 Å². The van der Waals surface area contributed by atoms with Crippen LogP contribution in [0.2, 0.25) is 0 Å². The predicted octanol–water partition coefficient (Wildman–Crippen LogP) is 1.31. The summed E-state index contributed by atoms with van der Waals surface area (Å²) in [5.74, 6) is 0.00759. The molecule has 17 heavy (non-hydrogen) atoms. The largest absolute Gasteiger partial charge is 0.381 e. The fourth-order valence-corrected chi connectivity index (χ4v) is 2.01. The van der Waals surface area contributed by atoms with Gasteiger partial charge >= 0.3 is 0 Å².